The van der Waals surface area contributed by atoms with E-state index < -0.39 is 0 Å². The Balaban J connectivity index is 2.38. The number of rotatable bonds is 9. The molecular formula is C17H26N2O. The Kier molecular flexibility index (Phi) is 7.57. The lowest BCUT2D eigenvalue weighted by molar-refractivity contribution is 0.476. The van der Waals surface area contributed by atoms with E-state index in [9.17, 15) is 10.4 Å². The fraction of sp³-hybridized carbons (Fsp3) is 0.588. The van der Waals surface area contributed by atoms with Gasteiger partial charge in [-0.15, -0.1) is 0 Å². The Hall–Kier alpha value is -1.69. The third kappa shape index (κ3) is 5.52. The van der Waals surface area contributed by atoms with E-state index in [-0.39, 0.29) is 11.8 Å². The first-order valence-corrected chi connectivity index (χ1v) is 7.63. The Bertz CT molecular complexity index is 417. The number of anilines is 1. The molecule has 0 fully saturated rings. The third-order valence-electron chi connectivity index (χ3n) is 3.57. The summed E-state index contributed by atoms with van der Waals surface area (Å²) in [6, 6.07) is 7.45. The number of unbranched alkanes of at least 4 members (excludes halogenated alkanes) is 5. The van der Waals surface area contributed by atoms with Crippen LogP contribution >= 0.6 is 0 Å². The largest absolute Gasteiger partial charge is 0.506 e. The van der Waals surface area contributed by atoms with Crippen LogP contribution in [0, 0.1) is 18.3 Å². The van der Waals surface area contributed by atoms with E-state index in [1.165, 1.54) is 32.1 Å². The maximum Gasteiger partial charge on any atom is 0.138 e. The summed E-state index contributed by atoms with van der Waals surface area (Å²) in [6.45, 7) is 4.14. The van der Waals surface area contributed by atoms with Crippen molar-refractivity contribution >= 4 is 5.69 Å². The van der Waals surface area contributed by atoms with Crippen LogP contribution in [0.4, 0.5) is 5.69 Å². The molecule has 3 nitrogen and oxygen atoms in total. The number of phenolic OH excluding ortho intramolecular Hbond substituents is 1. The van der Waals surface area contributed by atoms with Gasteiger partial charge in [-0.25, -0.2) is 0 Å². The Morgan fingerprint density at radius 3 is 2.55 bits per heavy atom. The summed E-state index contributed by atoms with van der Waals surface area (Å²) in [5.74, 6) is 0.216. The lowest BCUT2D eigenvalue weighted by Crippen LogP contribution is -2.17. The molecule has 0 aliphatic rings. The molecule has 0 aliphatic carbocycles. The molecule has 1 aromatic carbocycles. The lowest BCUT2D eigenvalue weighted by atomic mass is 10.1. The van der Waals surface area contributed by atoms with Gasteiger partial charge in [-0.1, -0.05) is 57.6 Å². The van der Waals surface area contributed by atoms with Crippen molar-refractivity contribution < 1.29 is 5.11 Å². The van der Waals surface area contributed by atoms with E-state index in [2.05, 4.69) is 18.3 Å². The van der Waals surface area contributed by atoms with Gasteiger partial charge in [0, 0.05) is 0 Å². The summed E-state index contributed by atoms with van der Waals surface area (Å²) in [7, 11) is 0. The number of aromatic hydroxyl groups is 1. The smallest absolute Gasteiger partial charge is 0.138 e. The molecule has 0 aliphatic heterocycles. The standard InChI is InChI=1S/C17H26N2O/c1-3-4-5-6-7-8-11-15(13-18)19-17-14(2)10-9-12-16(17)20/h9-10,12,15,19-20H,3-8,11H2,1-2H3/t15-/m1/s1. The summed E-state index contributed by atoms with van der Waals surface area (Å²) < 4.78 is 0. The zero-order valence-electron chi connectivity index (χ0n) is 12.7. The highest BCUT2D eigenvalue weighted by Crippen LogP contribution is 2.27. The summed E-state index contributed by atoms with van der Waals surface area (Å²) >= 11 is 0. The van der Waals surface area contributed by atoms with Crippen molar-refractivity contribution in [2.24, 2.45) is 0 Å². The molecule has 0 spiro atoms. The van der Waals surface area contributed by atoms with Crippen LogP contribution in [0.5, 0.6) is 5.75 Å². The summed E-state index contributed by atoms with van der Waals surface area (Å²) in [5, 5.41) is 22.2. The zero-order valence-corrected chi connectivity index (χ0v) is 12.7. The molecular weight excluding hydrogens is 248 g/mol. The van der Waals surface area contributed by atoms with Crippen LogP contribution in [0.1, 0.15) is 57.4 Å². The van der Waals surface area contributed by atoms with Crippen molar-refractivity contribution in [3.05, 3.63) is 23.8 Å². The van der Waals surface area contributed by atoms with Crippen molar-refractivity contribution in [1.29, 1.82) is 5.26 Å². The SMILES string of the molecule is CCCCCCCC[C@H](C#N)Nc1c(C)cccc1O. The molecule has 0 saturated heterocycles. The van der Waals surface area contributed by atoms with Crippen LogP contribution in [0.3, 0.4) is 0 Å². The molecule has 0 aromatic heterocycles. The third-order valence-corrected chi connectivity index (χ3v) is 3.57. The minimum absolute atomic E-state index is 0.216. The van der Waals surface area contributed by atoms with Gasteiger partial charge in [-0.2, -0.15) is 5.26 Å². The molecule has 110 valence electrons. The lowest BCUT2D eigenvalue weighted by Gasteiger charge is -2.16. The Morgan fingerprint density at radius 1 is 1.20 bits per heavy atom. The topological polar surface area (TPSA) is 56.0 Å². The van der Waals surface area contributed by atoms with E-state index in [1.807, 2.05) is 19.1 Å². The van der Waals surface area contributed by atoms with Crippen molar-refractivity contribution in [1.82, 2.24) is 0 Å². The van der Waals surface area contributed by atoms with E-state index in [1.54, 1.807) is 6.07 Å². The normalized spacial score (nSPS) is 11.8. The van der Waals surface area contributed by atoms with Gasteiger partial charge in [-0.3, -0.25) is 0 Å². The number of nitrogens with one attached hydrogen (secondary N) is 1. The van der Waals surface area contributed by atoms with Gasteiger partial charge in [0.2, 0.25) is 0 Å². The van der Waals surface area contributed by atoms with Crippen LogP contribution in [0.25, 0.3) is 0 Å². The summed E-state index contributed by atoms with van der Waals surface area (Å²) in [4.78, 5) is 0. The number of nitrogens with zero attached hydrogens (tertiary/aromatic N) is 1. The number of phenols is 1. The molecule has 0 radical (unpaired) electrons. The number of hydrogen-bond donors (Lipinski definition) is 2. The van der Waals surface area contributed by atoms with Gasteiger partial charge < -0.3 is 10.4 Å². The Morgan fingerprint density at radius 2 is 1.90 bits per heavy atom. The summed E-state index contributed by atoms with van der Waals surface area (Å²) in [6.07, 6.45) is 8.17. The van der Waals surface area contributed by atoms with Gasteiger partial charge in [0.1, 0.15) is 11.8 Å². The molecule has 1 aromatic rings. The van der Waals surface area contributed by atoms with Crippen LogP contribution in [-0.2, 0) is 0 Å². The van der Waals surface area contributed by atoms with Crippen LogP contribution < -0.4 is 5.32 Å². The molecule has 0 unspecified atom stereocenters. The van der Waals surface area contributed by atoms with Crippen LogP contribution in [-0.4, -0.2) is 11.1 Å². The highest BCUT2D eigenvalue weighted by atomic mass is 16.3. The second kappa shape index (κ2) is 9.25. The molecule has 1 rings (SSSR count). The number of aryl methyl sites for hydroxylation is 1. The fourth-order valence-electron chi connectivity index (χ4n) is 2.31. The first kappa shape index (κ1) is 16.4. The molecule has 3 heteroatoms. The predicted molar refractivity (Wildman–Crippen MR) is 83.9 cm³/mol. The Labute approximate surface area is 122 Å². The number of nitriles is 1. The number of para-hydroxylation sites is 1. The predicted octanol–water partition coefficient (Wildman–Crippen LogP) is 4.76. The minimum atomic E-state index is -0.229. The second-order valence-electron chi connectivity index (χ2n) is 5.35. The zero-order chi connectivity index (χ0) is 14.8. The maximum atomic E-state index is 9.83. The van der Waals surface area contributed by atoms with E-state index in [0.29, 0.717) is 5.69 Å². The molecule has 0 heterocycles. The minimum Gasteiger partial charge on any atom is -0.506 e. The monoisotopic (exact) mass is 274 g/mol. The summed E-state index contributed by atoms with van der Waals surface area (Å²) in [5.41, 5.74) is 1.65. The fourth-order valence-corrected chi connectivity index (χ4v) is 2.31. The number of benzene rings is 1. The first-order valence-electron chi connectivity index (χ1n) is 7.63. The van der Waals surface area contributed by atoms with Crippen molar-refractivity contribution in [3.8, 4) is 11.8 Å². The van der Waals surface area contributed by atoms with Crippen molar-refractivity contribution in [3.63, 3.8) is 0 Å². The van der Waals surface area contributed by atoms with E-state index in [4.69, 9.17) is 0 Å². The molecule has 1 atom stereocenters. The van der Waals surface area contributed by atoms with E-state index >= 15 is 0 Å². The first-order chi connectivity index (χ1) is 9.69. The van der Waals surface area contributed by atoms with Gasteiger partial charge >= 0.3 is 0 Å². The van der Waals surface area contributed by atoms with Gasteiger partial charge in [-0.05, 0) is 25.0 Å². The van der Waals surface area contributed by atoms with E-state index in [0.717, 1.165) is 18.4 Å². The highest BCUT2D eigenvalue weighted by Gasteiger charge is 2.11. The molecule has 0 bridgehead atoms. The van der Waals surface area contributed by atoms with Crippen LogP contribution in [0.2, 0.25) is 0 Å². The molecule has 20 heavy (non-hydrogen) atoms. The van der Waals surface area contributed by atoms with Crippen LogP contribution in [0.15, 0.2) is 18.2 Å². The van der Waals surface area contributed by atoms with Gasteiger partial charge in [0.05, 0.1) is 11.8 Å². The maximum absolute atomic E-state index is 9.83. The average molecular weight is 274 g/mol. The molecule has 2 N–H and O–H groups in total. The quantitative estimate of drug-likeness (QED) is 0.504. The van der Waals surface area contributed by atoms with Gasteiger partial charge in [0.25, 0.3) is 0 Å². The van der Waals surface area contributed by atoms with Crippen molar-refractivity contribution in [2.75, 3.05) is 5.32 Å². The van der Waals surface area contributed by atoms with Gasteiger partial charge in [0.15, 0.2) is 0 Å². The second-order valence-corrected chi connectivity index (χ2v) is 5.35. The molecule has 0 amide bonds. The highest BCUT2D eigenvalue weighted by molar-refractivity contribution is 5.61. The average Bonchev–Trinajstić information content (AvgIpc) is 2.44. The number of hydrogen-bond acceptors (Lipinski definition) is 3. The van der Waals surface area contributed by atoms with Crippen molar-refractivity contribution in [2.45, 2.75) is 64.8 Å². The molecule has 0 saturated carbocycles.